The molecule has 4 aromatic carbocycles. The summed E-state index contributed by atoms with van der Waals surface area (Å²) in [6.45, 7) is 8.10. The fourth-order valence-electron chi connectivity index (χ4n) is 11.3. The first-order valence-electron chi connectivity index (χ1n) is 30.0. The predicted molar refractivity (Wildman–Crippen MR) is 358 cm³/mol. The van der Waals surface area contributed by atoms with E-state index in [9.17, 15) is 37.0 Å². The molecule has 94 heavy (non-hydrogen) atoms. The molecule has 1 fully saturated rings. The van der Waals surface area contributed by atoms with Crippen LogP contribution in [0.2, 0.25) is 5.15 Å². The molecular weight excluding hydrogens is 1320 g/mol. The van der Waals surface area contributed by atoms with Gasteiger partial charge >= 0.3 is 5.20 Å². The maximum Gasteiger partial charge on any atom is 0.339 e. The van der Waals surface area contributed by atoms with Gasteiger partial charge in [0.1, 0.15) is 70.1 Å². The van der Waals surface area contributed by atoms with Gasteiger partial charge in [0.05, 0.1) is 22.7 Å². The molecule has 0 aliphatic heterocycles. The lowest BCUT2D eigenvalue weighted by atomic mass is 9.95. The molecule has 13 rings (SSSR count). The smallest absolute Gasteiger partial charge is 0.339 e. The van der Waals surface area contributed by atoms with Gasteiger partial charge in [0.2, 0.25) is 0 Å². The number of Topliss-reactive ketones (excluding diaryl/α,β-unsaturated/α-hetero) is 1. The van der Waals surface area contributed by atoms with Gasteiger partial charge in [-0.3, -0.25) is 18.9 Å². The van der Waals surface area contributed by atoms with Crippen LogP contribution in [0.3, 0.4) is 0 Å². The van der Waals surface area contributed by atoms with E-state index < -0.39 is 11.3 Å². The Morgan fingerprint density at radius 3 is 1.43 bits per heavy atom. The highest BCUT2D eigenvalue weighted by molar-refractivity contribution is 8.24. The van der Waals surface area contributed by atoms with Crippen molar-refractivity contribution < 1.29 is 41.9 Å². The Morgan fingerprint density at radius 2 is 1.03 bits per heavy atom. The first-order chi connectivity index (χ1) is 45.1. The van der Waals surface area contributed by atoms with Gasteiger partial charge in [-0.1, -0.05) is 60.1 Å². The molecule has 0 bridgehead atoms. The number of aliphatic hydroxyl groups excluding tert-OH is 1. The minimum atomic E-state index is -3.22. The van der Waals surface area contributed by atoms with E-state index in [0.717, 1.165) is 132 Å². The molecule has 9 aromatic rings. The zero-order valence-electron chi connectivity index (χ0n) is 51.1. The molecule has 27 heteroatoms. The van der Waals surface area contributed by atoms with Crippen molar-refractivity contribution in [3.63, 3.8) is 0 Å². The normalized spacial score (nSPS) is 14.1. The second-order valence-electron chi connectivity index (χ2n) is 21.7. The van der Waals surface area contributed by atoms with Gasteiger partial charge in [-0.25, -0.2) is 39.1 Å². The lowest BCUT2D eigenvalue weighted by Gasteiger charge is -2.16. The van der Waals surface area contributed by atoms with Gasteiger partial charge in [-0.2, -0.15) is 10.5 Å². The second-order valence-corrected chi connectivity index (χ2v) is 28.7. The van der Waals surface area contributed by atoms with Gasteiger partial charge < -0.3 is 45.2 Å². The van der Waals surface area contributed by atoms with Crippen molar-refractivity contribution in [2.45, 2.75) is 135 Å². The van der Waals surface area contributed by atoms with Crippen LogP contribution in [0, 0.1) is 52.5 Å². The number of aromatic nitrogens is 7. The maximum absolute atomic E-state index is 13.1. The van der Waals surface area contributed by atoms with Gasteiger partial charge in [0, 0.05) is 49.7 Å². The third-order valence-electron chi connectivity index (χ3n) is 15.6. The topological polar surface area (TPSA) is 282 Å². The number of benzene rings is 4. The van der Waals surface area contributed by atoms with Crippen LogP contribution in [0.15, 0.2) is 115 Å². The summed E-state index contributed by atoms with van der Waals surface area (Å²) in [5, 5.41) is 31.6. The van der Waals surface area contributed by atoms with Gasteiger partial charge in [0.25, 0.3) is 18.6 Å². The van der Waals surface area contributed by atoms with E-state index in [-0.39, 0.29) is 47.6 Å². The predicted octanol–water partition coefficient (Wildman–Crippen LogP) is 14.7. The number of aromatic amines is 1. The molecule has 5 heterocycles. The maximum atomic E-state index is 13.1. The van der Waals surface area contributed by atoms with Crippen LogP contribution < -0.4 is 17.0 Å². The Hall–Kier alpha value is -8.36. The van der Waals surface area contributed by atoms with Crippen LogP contribution in [-0.2, 0) is 78.9 Å². The summed E-state index contributed by atoms with van der Waals surface area (Å²) < 4.78 is 67.2. The van der Waals surface area contributed by atoms with E-state index in [2.05, 4.69) is 73.7 Å². The monoisotopic (exact) mass is 1380 g/mol. The number of hydrogen-bond acceptors (Lipinski definition) is 12. The Kier molecular flexibility index (Phi) is 29.8. The van der Waals surface area contributed by atoms with E-state index in [4.69, 9.17) is 49.9 Å². The number of hydrogen-bond donors (Lipinski definition) is 5. The van der Waals surface area contributed by atoms with Crippen LogP contribution in [-0.4, -0.2) is 68.8 Å². The van der Waals surface area contributed by atoms with Crippen LogP contribution in [0.5, 0.6) is 0 Å². The zero-order valence-corrected chi connectivity index (χ0v) is 55.0. The molecule has 0 amide bonds. The summed E-state index contributed by atoms with van der Waals surface area (Å²) in [6.07, 6.45) is 18.2. The first kappa shape index (κ1) is 74.7. The van der Waals surface area contributed by atoms with E-state index in [1.54, 1.807) is 42.5 Å². The molecule has 494 valence electrons. The number of carbonyl (C=O) groups is 2. The van der Waals surface area contributed by atoms with E-state index in [1.807, 2.05) is 16.7 Å². The number of ketones is 1. The van der Waals surface area contributed by atoms with Gasteiger partial charge in [0.15, 0.2) is 5.78 Å². The summed E-state index contributed by atoms with van der Waals surface area (Å²) in [4.78, 5) is 49.5. The largest absolute Gasteiger partial charge is 0.483 e. The molecule has 5 aromatic heterocycles. The van der Waals surface area contributed by atoms with Crippen molar-refractivity contribution >= 4 is 90.7 Å². The summed E-state index contributed by atoms with van der Waals surface area (Å²) in [5.74, 6) is -0.340. The van der Waals surface area contributed by atoms with Crippen molar-refractivity contribution in [2.75, 3.05) is 12.3 Å². The molecule has 18 nitrogen and oxygen atoms in total. The number of H-pyrrole nitrogens is 1. The van der Waals surface area contributed by atoms with E-state index in [0.29, 0.717) is 55.6 Å². The number of anilines is 1. The first-order valence-corrected chi connectivity index (χ1v) is 34.8. The molecule has 0 saturated heterocycles. The highest BCUT2D eigenvalue weighted by atomic mass is 36.0. The van der Waals surface area contributed by atoms with Gasteiger partial charge in [-0.05, 0) is 218 Å². The van der Waals surface area contributed by atoms with Crippen molar-refractivity contribution in [1.29, 1.82) is 10.5 Å². The molecule has 0 radical (unpaired) electrons. The third kappa shape index (κ3) is 21.9. The van der Waals surface area contributed by atoms with Crippen molar-refractivity contribution in [3.8, 4) is 12.1 Å². The lowest BCUT2D eigenvalue weighted by molar-refractivity contribution is -0.129. The number of halogens is 8. The van der Waals surface area contributed by atoms with E-state index in [1.165, 1.54) is 96.7 Å². The number of aryl methyl sites for hydroxylation is 2. The summed E-state index contributed by atoms with van der Waals surface area (Å²) in [6, 6.07) is 29.6. The quantitative estimate of drug-likeness (QED) is 0.0248. The van der Waals surface area contributed by atoms with Crippen LogP contribution in [0.1, 0.15) is 126 Å². The number of nitrogens with two attached hydrogens (primary N) is 2. The number of rotatable bonds is 7. The van der Waals surface area contributed by atoms with Gasteiger partial charge in [-0.15, -0.1) is 0 Å². The highest BCUT2D eigenvalue weighted by Gasteiger charge is 2.26. The minimum absolute atomic E-state index is 0.0139. The molecule has 1 saturated carbocycles. The Bertz CT molecular complexity index is 4200. The van der Waals surface area contributed by atoms with Crippen molar-refractivity contribution in [1.82, 2.24) is 33.6 Å². The van der Waals surface area contributed by atoms with Crippen LogP contribution in [0.25, 0.3) is 26.9 Å². The number of fused-ring (bicyclic) bond motifs is 7. The SMILES string of the molecule is Fc1ccc(Cn2c3c(c4c(Cl)ncnc42)CCCC3)cc1.N#Cc1c2c(n(Cc3ccc(F)cc3)c1N)CCCC2.NCc1ccc(F)cc1.O=C1CCCCC1O.O=CO.O=P(Cl)(Cl)Cl.O=c1[nH]cnc2c1c1c(n2Cc2ccc(F)cc2)CCCC1.[C-]#[N+]CC#N. The third-order valence-corrected chi connectivity index (χ3v) is 15.9. The molecule has 1 unspecified atom stereocenters. The highest BCUT2D eigenvalue weighted by Crippen LogP contribution is 2.61. The second kappa shape index (κ2) is 37.5. The molecule has 0 spiro atoms. The fraction of sp³-hybridized carbons (Fsp3) is 0.328. The average Bonchev–Trinajstić information content (AvgIpc) is 1.62. The number of nitriles is 2. The van der Waals surface area contributed by atoms with E-state index >= 15 is 0 Å². The average molecular weight is 1390 g/mol. The number of nitrogens with one attached hydrogen (secondary N) is 1. The van der Waals surface area contributed by atoms with Crippen molar-refractivity contribution in [2.24, 2.45) is 5.73 Å². The number of carbonyl (C=O) groups excluding carboxylic acids is 1. The lowest BCUT2D eigenvalue weighted by Crippen LogP contribution is -2.23. The number of nitrogens with zero attached hydrogens (tertiary/aromatic N) is 9. The number of carboxylic acid groups (broad SMARTS) is 1. The van der Waals surface area contributed by atoms with Crippen LogP contribution in [0.4, 0.5) is 23.4 Å². The molecular formula is C67H69Cl4F4N12O6P. The fourth-order valence-corrected chi connectivity index (χ4v) is 11.6. The van der Waals surface area contributed by atoms with Crippen molar-refractivity contribution in [3.05, 3.63) is 221 Å². The summed E-state index contributed by atoms with van der Waals surface area (Å²) in [5.41, 5.74) is 24.8. The molecule has 4 aliphatic carbocycles. The molecule has 1 atom stereocenters. The minimum Gasteiger partial charge on any atom is -0.483 e. The summed E-state index contributed by atoms with van der Waals surface area (Å²) >= 11 is 20.2. The Labute approximate surface area is 560 Å². The number of aliphatic hydroxyl groups is 1. The Morgan fingerprint density at radius 1 is 0.638 bits per heavy atom. The zero-order chi connectivity index (χ0) is 68.3. The standard InChI is InChI=1S/C17H15ClFN3.C17H16FN3O.C16H16FN3.C7H8FN.C6H10O2.C3H2N2.CH2O2.Cl3OP/c18-16-15-13-3-1-2-4-14(13)22(17(15)21-10-20-16)9-11-5-7-12(19)8-6-11;18-12-7-5-11(6-8-12)9-21-14-4-2-1-3-13(14)15-16(21)19-10-20-17(15)22;17-12-7-5-11(6-8-12)10-20-15-4-2-1-3-13(15)14(9-18)16(20)19;8-7-3-1-6(5-9)2-4-7;7-5-3-1-2-4-6(5)8;1-5-3-2-4;2-1-3;1-5(2,3)4/h5-8,10H,1-4,9H2;5-8,10H,1-4,9H2,(H,19,20,22);5-8H,1-4,10,19H2;1-4H,5,9H2;5,7H,1-4H2;3H2;1H,(H,2,3);. The molecule has 7 N–H and O–H groups in total. The number of nitrogen functional groups attached to an aromatic ring is 1. The molecule has 4 aliphatic rings. The summed E-state index contributed by atoms with van der Waals surface area (Å²) in [7, 11) is 0. The Balaban J connectivity index is 0.000000184. The van der Waals surface area contributed by atoms with Crippen LogP contribution >= 0.6 is 50.5 Å².